The SMILES string of the molecule is O=C1COCC2(CCCNCC2)N1Cc1ccccc1. The van der Waals surface area contributed by atoms with E-state index in [1.165, 1.54) is 5.56 Å². The average molecular weight is 274 g/mol. The fourth-order valence-electron chi connectivity index (χ4n) is 3.30. The maximum absolute atomic E-state index is 12.4. The van der Waals surface area contributed by atoms with Gasteiger partial charge in [0.15, 0.2) is 0 Å². The molecule has 2 heterocycles. The lowest BCUT2D eigenvalue weighted by atomic mass is 9.87. The van der Waals surface area contributed by atoms with E-state index >= 15 is 0 Å². The quantitative estimate of drug-likeness (QED) is 0.890. The van der Waals surface area contributed by atoms with Crippen molar-refractivity contribution in [3.63, 3.8) is 0 Å². The number of hydrogen-bond donors (Lipinski definition) is 1. The van der Waals surface area contributed by atoms with Crippen LogP contribution < -0.4 is 5.32 Å². The van der Waals surface area contributed by atoms with Crippen LogP contribution in [0.4, 0.5) is 0 Å². The van der Waals surface area contributed by atoms with Gasteiger partial charge in [0.1, 0.15) is 6.61 Å². The summed E-state index contributed by atoms with van der Waals surface area (Å²) in [5, 5.41) is 3.42. The van der Waals surface area contributed by atoms with Crippen LogP contribution in [0.1, 0.15) is 24.8 Å². The highest BCUT2D eigenvalue weighted by Gasteiger charge is 2.43. The molecular weight excluding hydrogens is 252 g/mol. The molecule has 2 aliphatic rings. The van der Waals surface area contributed by atoms with Gasteiger partial charge in [-0.2, -0.15) is 0 Å². The molecule has 1 aromatic carbocycles. The van der Waals surface area contributed by atoms with E-state index in [1.54, 1.807) is 0 Å². The molecule has 1 N–H and O–H groups in total. The van der Waals surface area contributed by atoms with Crippen molar-refractivity contribution in [2.24, 2.45) is 0 Å². The van der Waals surface area contributed by atoms with Gasteiger partial charge in [0.25, 0.3) is 0 Å². The van der Waals surface area contributed by atoms with Crippen molar-refractivity contribution in [1.82, 2.24) is 10.2 Å². The second-order valence-corrected chi connectivity index (χ2v) is 5.79. The molecule has 1 atom stereocenters. The second-order valence-electron chi connectivity index (χ2n) is 5.79. The van der Waals surface area contributed by atoms with Crippen LogP contribution in [0.15, 0.2) is 30.3 Å². The van der Waals surface area contributed by atoms with Gasteiger partial charge in [0.05, 0.1) is 12.1 Å². The molecule has 1 spiro atoms. The summed E-state index contributed by atoms with van der Waals surface area (Å²) in [5.41, 5.74) is 1.08. The molecule has 0 aliphatic carbocycles. The van der Waals surface area contributed by atoms with Crippen LogP contribution >= 0.6 is 0 Å². The summed E-state index contributed by atoms with van der Waals surface area (Å²) in [5.74, 6) is 0.127. The van der Waals surface area contributed by atoms with Gasteiger partial charge in [-0.1, -0.05) is 30.3 Å². The predicted molar refractivity (Wildman–Crippen MR) is 77.3 cm³/mol. The smallest absolute Gasteiger partial charge is 0.249 e. The predicted octanol–water partition coefficient (Wildman–Crippen LogP) is 1.56. The standard InChI is InChI=1S/C16H22N2O2/c19-15-12-20-13-16(7-4-9-17-10-8-16)18(15)11-14-5-2-1-3-6-14/h1-3,5-6,17H,4,7-13H2. The lowest BCUT2D eigenvalue weighted by Crippen LogP contribution is -2.59. The summed E-state index contributed by atoms with van der Waals surface area (Å²) < 4.78 is 5.58. The highest BCUT2D eigenvalue weighted by atomic mass is 16.5. The Morgan fingerprint density at radius 1 is 1.20 bits per heavy atom. The monoisotopic (exact) mass is 274 g/mol. The molecule has 4 heteroatoms. The van der Waals surface area contributed by atoms with Crippen molar-refractivity contribution in [3.05, 3.63) is 35.9 Å². The zero-order chi connectivity index (χ0) is 13.8. The third-order valence-electron chi connectivity index (χ3n) is 4.42. The van der Waals surface area contributed by atoms with Crippen LogP contribution in [-0.2, 0) is 16.1 Å². The van der Waals surface area contributed by atoms with Crippen LogP contribution in [0.3, 0.4) is 0 Å². The third kappa shape index (κ3) is 2.72. The first-order valence-electron chi connectivity index (χ1n) is 7.43. The third-order valence-corrected chi connectivity index (χ3v) is 4.42. The van der Waals surface area contributed by atoms with Crippen LogP contribution in [-0.4, -0.2) is 42.6 Å². The summed E-state index contributed by atoms with van der Waals surface area (Å²) in [6.45, 7) is 3.59. The Morgan fingerprint density at radius 3 is 2.90 bits per heavy atom. The van der Waals surface area contributed by atoms with Crippen molar-refractivity contribution >= 4 is 5.91 Å². The Kier molecular flexibility index (Phi) is 4.03. The lowest BCUT2D eigenvalue weighted by molar-refractivity contribution is -0.160. The maximum Gasteiger partial charge on any atom is 0.249 e. The molecule has 1 amide bonds. The number of hydrogen-bond acceptors (Lipinski definition) is 3. The van der Waals surface area contributed by atoms with Gasteiger partial charge < -0.3 is 15.0 Å². The molecule has 0 saturated carbocycles. The topological polar surface area (TPSA) is 41.6 Å². The summed E-state index contributed by atoms with van der Waals surface area (Å²) in [6.07, 6.45) is 3.10. The minimum atomic E-state index is -0.116. The van der Waals surface area contributed by atoms with Gasteiger partial charge >= 0.3 is 0 Å². The number of benzene rings is 1. The van der Waals surface area contributed by atoms with Crippen LogP contribution in [0.5, 0.6) is 0 Å². The summed E-state index contributed by atoms with van der Waals surface area (Å²) in [6, 6.07) is 10.2. The lowest BCUT2D eigenvalue weighted by Gasteiger charge is -2.46. The largest absolute Gasteiger partial charge is 0.369 e. The van der Waals surface area contributed by atoms with E-state index in [9.17, 15) is 4.79 Å². The number of ether oxygens (including phenoxy) is 1. The molecule has 3 rings (SSSR count). The first-order valence-corrected chi connectivity index (χ1v) is 7.43. The zero-order valence-electron chi connectivity index (χ0n) is 11.8. The fraction of sp³-hybridized carbons (Fsp3) is 0.562. The van der Waals surface area contributed by atoms with Crippen LogP contribution in [0.2, 0.25) is 0 Å². The fourth-order valence-corrected chi connectivity index (χ4v) is 3.30. The maximum atomic E-state index is 12.4. The molecule has 1 aromatic rings. The van der Waals surface area contributed by atoms with Crippen molar-refractivity contribution in [1.29, 1.82) is 0 Å². The molecule has 2 saturated heterocycles. The van der Waals surface area contributed by atoms with Gasteiger partial charge in [-0.25, -0.2) is 0 Å². The summed E-state index contributed by atoms with van der Waals surface area (Å²) >= 11 is 0. The number of nitrogens with one attached hydrogen (secondary N) is 1. The van der Waals surface area contributed by atoms with E-state index in [2.05, 4.69) is 22.3 Å². The van der Waals surface area contributed by atoms with Gasteiger partial charge in [0.2, 0.25) is 5.91 Å². The van der Waals surface area contributed by atoms with Crippen molar-refractivity contribution < 1.29 is 9.53 Å². The van der Waals surface area contributed by atoms with Crippen LogP contribution in [0, 0.1) is 0 Å². The van der Waals surface area contributed by atoms with Crippen molar-refractivity contribution in [2.45, 2.75) is 31.3 Å². The molecular formula is C16H22N2O2. The molecule has 2 aliphatic heterocycles. The highest BCUT2D eigenvalue weighted by molar-refractivity contribution is 5.79. The zero-order valence-corrected chi connectivity index (χ0v) is 11.8. The van der Waals surface area contributed by atoms with Crippen molar-refractivity contribution in [3.8, 4) is 0 Å². The van der Waals surface area contributed by atoms with E-state index in [0.29, 0.717) is 13.2 Å². The first kappa shape index (κ1) is 13.6. The number of carbonyl (C=O) groups is 1. The van der Waals surface area contributed by atoms with E-state index in [1.807, 2.05) is 18.2 Å². The molecule has 0 aromatic heterocycles. The first-order chi connectivity index (χ1) is 9.80. The Bertz CT molecular complexity index is 453. The minimum Gasteiger partial charge on any atom is -0.369 e. The molecule has 0 radical (unpaired) electrons. The van der Waals surface area contributed by atoms with Gasteiger partial charge in [-0.15, -0.1) is 0 Å². The molecule has 1 unspecified atom stereocenters. The van der Waals surface area contributed by atoms with Crippen LogP contribution in [0.25, 0.3) is 0 Å². The normalized spacial score (nSPS) is 27.6. The Labute approximate surface area is 120 Å². The number of amides is 1. The molecule has 0 bridgehead atoms. The van der Waals surface area contributed by atoms with E-state index < -0.39 is 0 Å². The van der Waals surface area contributed by atoms with Crippen molar-refractivity contribution in [2.75, 3.05) is 26.3 Å². The second kappa shape index (κ2) is 5.94. The van der Waals surface area contributed by atoms with Gasteiger partial charge in [-0.05, 0) is 37.9 Å². The molecule has 4 nitrogen and oxygen atoms in total. The number of rotatable bonds is 2. The molecule has 108 valence electrons. The van der Waals surface area contributed by atoms with Gasteiger partial charge in [-0.3, -0.25) is 4.79 Å². The Balaban J connectivity index is 1.84. The number of morpholine rings is 1. The minimum absolute atomic E-state index is 0.116. The average Bonchev–Trinajstić information content (AvgIpc) is 2.71. The highest BCUT2D eigenvalue weighted by Crippen LogP contribution is 2.32. The summed E-state index contributed by atoms with van der Waals surface area (Å²) in [4.78, 5) is 14.4. The summed E-state index contributed by atoms with van der Waals surface area (Å²) in [7, 11) is 0. The van der Waals surface area contributed by atoms with E-state index in [0.717, 1.165) is 32.4 Å². The van der Waals surface area contributed by atoms with Gasteiger partial charge in [0, 0.05) is 6.54 Å². The Morgan fingerprint density at radius 2 is 2.05 bits per heavy atom. The Hall–Kier alpha value is -1.39. The molecule has 20 heavy (non-hydrogen) atoms. The van der Waals surface area contributed by atoms with E-state index in [4.69, 9.17) is 4.74 Å². The number of nitrogens with zero attached hydrogens (tertiary/aromatic N) is 1. The molecule has 2 fully saturated rings. The number of carbonyl (C=O) groups excluding carboxylic acids is 1. The van der Waals surface area contributed by atoms with E-state index in [-0.39, 0.29) is 18.1 Å².